The summed E-state index contributed by atoms with van der Waals surface area (Å²) in [5.41, 5.74) is 0. The number of hydrogen-bond acceptors (Lipinski definition) is 5. The maximum Gasteiger partial charge on any atom is 0.265 e. The number of carbonyl (C=O) groups is 1. The summed E-state index contributed by atoms with van der Waals surface area (Å²) in [6.45, 7) is 3.85. The van der Waals surface area contributed by atoms with Gasteiger partial charge in [0.05, 0.1) is 18.8 Å². The zero-order valence-corrected chi connectivity index (χ0v) is 23.6. The molecule has 0 aliphatic rings. The summed E-state index contributed by atoms with van der Waals surface area (Å²) in [4.78, 5) is 32.0. The summed E-state index contributed by atoms with van der Waals surface area (Å²) in [6, 6.07) is -0.939. The minimum absolute atomic E-state index is 0. The van der Waals surface area contributed by atoms with E-state index in [0.717, 1.165) is 51.4 Å². The van der Waals surface area contributed by atoms with E-state index in [4.69, 9.17) is 4.89 Å². The summed E-state index contributed by atoms with van der Waals surface area (Å²) in [5, 5.41) is 13.1. The number of nitrogens with one attached hydrogen (secondary N) is 1. The number of quaternary nitrogens is 1. The SMILES string of the molecule is CCCCCCCCCCCCC/C=C/C(O)C(COP(=O)([O-])O)NC(=O)CCCCCCC.[NH4+]. The number of aliphatic hydroxyl groups is 1. The van der Waals surface area contributed by atoms with E-state index in [9.17, 15) is 19.4 Å². The number of phosphoric ester groups is 1. The second-order valence-corrected chi connectivity index (χ2v) is 10.5. The van der Waals surface area contributed by atoms with Crippen molar-refractivity contribution in [3.63, 3.8) is 0 Å². The first-order valence-corrected chi connectivity index (χ1v) is 15.1. The summed E-state index contributed by atoms with van der Waals surface area (Å²) in [7, 11) is -4.93. The molecule has 0 aromatic rings. The molecule has 8 nitrogen and oxygen atoms in total. The molecule has 0 aliphatic carbocycles. The number of allylic oxidation sites excluding steroid dienone is 1. The van der Waals surface area contributed by atoms with E-state index in [2.05, 4.69) is 23.7 Å². The fraction of sp³-hybridized carbons (Fsp3) is 0.885. The van der Waals surface area contributed by atoms with Crippen molar-refractivity contribution >= 4 is 13.7 Å². The second kappa shape index (κ2) is 24.9. The van der Waals surface area contributed by atoms with Crippen LogP contribution < -0.4 is 16.4 Å². The Labute approximate surface area is 214 Å². The van der Waals surface area contributed by atoms with E-state index in [-0.39, 0.29) is 12.1 Å². The molecule has 0 aromatic heterocycles. The molecule has 0 radical (unpaired) electrons. The first-order valence-electron chi connectivity index (χ1n) is 13.6. The van der Waals surface area contributed by atoms with Crippen LogP contribution in [0.25, 0.3) is 0 Å². The third-order valence-electron chi connectivity index (χ3n) is 5.99. The molecule has 0 bridgehead atoms. The average Bonchev–Trinajstić information content (AvgIpc) is 2.78. The van der Waals surface area contributed by atoms with E-state index < -0.39 is 26.6 Å². The van der Waals surface area contributed by atoms with Crippen LogP contribution in [0.3, 0.4) is 0 Å². The highest BCUT2D eigenvalue weighted by atomic mass is 31.2. The number of unbranched alkanes of at least 4 members (excludes halogenated alkanes) is 15. The van der Waals surface area contributed by atoms with Crippen LogP contribution in [0.2, 0.25) is 0 Å². The van der Waals surface area contributed by atoms with E-state index in [1.165, 1.54) is 57.8 Å². The molecule has 0 saturated heterocycles. The van der Waals surface area contributed by atoms with Crippen molar-refractivity contribution in [3.8, 4) is 0 Å². The lowest BCUT2D eigenvalue weighted by atomic mass is 10.0. The Morgan fingerprint density at radius 1 is 0.886 bits per heavy atom. The zero-order chi connectivity index (χ0) is 25.5. The smallest absolute Gasteiger partial charge is 0.265 e. The third-order valence-corrected chi connectivity index (χ3v) is 6.47. The van der Waals surface area contributed by atoms with E-state index in [1.54, 1.807) is 6.08 Å². The monoisotopic (exact) mass is 522 g/mol. The van der Waals surface area contributed by atoms with Gasteiger partial charge in [-0.2, -0.15) is 0 Å². The maximum absolute atomic E-state index is 12.2. The average molecular weight is 523 g/mol. The van der Waals surface area contributed by atoms with Crippen molar-refractivity contribution in [2.45, 2.75) is 142 Å². The van der Waals surface area contributed by atoms with Gasteiger partial charge in [-0.1, -0.05) is 116 Å². The van der Waals surface area contributed by atoms with Gasteiger partial charge in [0.1, 0.15) is 0 Å². The largest absolute Gasteiger partial charge is 0.756 e. The number of hydrogen-bond donors (Lipinski definition) is 4. The third kappa shape index (κ3) is 26.1. The summed E-state index contributed by atoms with van der Waals surface area (Å²) in [6.07, 6.45) is 22.5. The van der Waals surface area contributed by atoms with Gasteiger partial charge in [0.15, 0.2) is 0 Å². The van der Waals surface area contributed by atoms with Crippen LogP contribution in [0.5, 0.6) is 0 Å². The standard InChI is InChI=1S/C26H52NO6P.H3N/c1-3-5-7-9-10-11-12-13-14-15-16-18-19-21-25(28)24(23-33-34(30,31)32)27-26(29)22-20-17-8-6-4-2;/h19,21,24-25,28H,3-18,20,22-23H2,1-2H3,(H,27,29)(H2,30,31,32);1H3/b21-19+;. The molecule has 7 N–H and O–H groups in total. The van der Waals surface area contributed by atoms with Crippen molar-refractivity contribution < 1.29 is 28.8 Å². The maximum atomic E-state index is 12.2. The highest BCUT2D eigenvalue weighted by Crippen LogP contribution is 2.30. The molecule has 9 heteroatoms. The van der Waals surface area contributed by atoms with Gasteiger partial charge in [-0.05, 0) is 19.3 Å². The normalized spacial score (nSPS) is 14.9. The predicted octanol–water partition coefficient (Wildman–Crippen LogP) is 6.30. The van der Waals surface area contributed by atoms with E-state index >= 15 is 0 Å². The molecule has 0 aliphatic heterocycles. The minimum Gasteiger partial charge on any atom is -0.756 e. The van der Waals surface area contributed by atoms with Crippen LogP contribution in [0, 0.1) is 0 Å². The van der Waals surface area contributed by atoms with Crippen LogP contribution in [-0.2, 0) is 13.9 Å². The molecule has 0 spiro atoms. The van der Waals surface area contributed by atoms with Crippen molar-refractivity contribution in [3.05, 3.63) is 12.2 Å². The van der Waals surface area contributed by atoms with Gasteiger partial charge < -0.3 is 30.9 Å². The van der Waals surface area contributed by atoms with Crippen molar-refractivity contribution in [2.24, 2.45) is 0 Å². The van der Waals surface area contributed by atoms with Crippen LogP contribution in [0.1, 0.15) is 129 Å². The van der Waals surface area contributed by atoms with Crippen LogP contribution in [0.15, 0.2) is 12.2 Å². The molecular weight excluding hydrogens is 467 g/mol. The van der Waals surface area contributed by atoms with Crippen LogP contribution >= 0.6 is 7.82 Å². The van der Waals surface area contributed by atoms with Gasteiger partial charge in [-0.25, -0.2) is 0 Å². The highest BCUT2D eigenvalue weighted by Gasteiger charge is 2.21. The lowest BCUT2D eigenvalue weighted by molar-refractivity contribution is -0.220. The Balaban J connectivity index is 0. The fourth-order valence-corrected chi connectivity index (χ4v) is 4.21. The van der Waals surface area contributed by atoms with E-state index in [0.29, 0.717) is 6.42 Å². The molecule has 3 unspecified atom stereocenters. The second-order valence-electron chi connectivity index (χ2n) is 9.35. The van der Waals surface area contributed by atoms with Gasteiger partial charge >= 0.3 is 0 Å². The van der Waals surface area contributed by atoms with Crippen LogP contribution in [-0.4, -0.2) is 34.7 Å². The number of aliphatic hydroxyl groups excluding tert-OH is 1. The Hall–Kier alpha value is -0.760. The number of rotatable bonds is 24. The Morgan fingerprint density at radius 2 is 1.34 bits per heavy atom. The lowest BCUT2D eigenvalue weighted by Gasteiger charge is -2.25. The minimum atomic E-state index is -4.93. The van der Waals surface area contributed by atoms with Gasteiger partial charge in [0.2, 0.25) is 5.91 Å². The van der Waals surface area contributed by atoms with Crippen LogP contribution in [0.4, 0.5) is 0 Å². The van der Waals surface area contributed by atoms with Crippen molar-refractivity contribution in [1.82, 2.24) is 11.5 Å². The molecule has 0 rings (SSSR count). The summed E-state index contributed by atoms with van der Waals surface area (Å²) >= 11 is 0. The summed E-state index contributed by atoms with van der Waals surface area (Å²) < 4.78 is 15.4. The summed E-state index contributed by atoms with van der Waals surface area (Å²) in [5.74, 6) is -0.262. The number of amides is 1. The molecule has 0 aromatic carbocycles. The number of carbonyl (C=O) groups excluding carboxylic acids is 1. The fourth-order valence-electron chi connectivity index (χ4n) is 3.86. The van der Waals surface area contributed by atoms with Crippen molar-refractivity contribution in [2.75, 3.05) is 6.61 Å². The molecule has 3 atom stereocenters. The predicted molar refractivity (Wildman–Crippen MR) is 143 cm³/mol. The van der Waals surface area contributed by atoms with Gasteiger partial charge in [0, 0.05) is 6.42 Å². The molecule has 0 saturated carbocycles. The Kier molecular flexibility index (Phi) is 25.9. The van der Waals surface area contributed by atoms with Gasteiger partial charge in [-0.3, -0.25) is 9.36 Å². The Bertz CT molecular complexity index is 556. The molecule has 0 heterocycles. The molecular formula is C26H55N2O6P. The quantitative estimate of drug-likeness (QED) is 0.0662. The molecule has 35 heavy (non-hydrogen) atoms. The number of phosphoric acid groups is 1. The first-order chi connectivity index (χ1) is 16.3. The Morgan fingerprint density at radius 3 is 1.83 bits per heavy atom. The zero-order valence-electron chi connectivity index (χ0n) is 22.7. The lowest BCUT2D eigenvalue weighted by Crippen LogP contribution is -2.45. The van der Waals surface area contributed by atoms with Gasteiger partial charge in [0.25, 0.3) is 7.82 Å². The van der Waals surface area contributed by atoms with Gasteiger partial charge in [-0.15, -0.1) is 0 Å². The molecule has 210 valence electrons. The first kappa shape index (κ1) is 36.4. The molecule has 1 amide bonds. The van der Waals surface area contributed by atoms with E-state index in [1.807, 2.05) is 6.08 Å². The highest BCUT2D eigenvalue weighted by molar-refractivity contribution is 7.44. The molecule has 0 fully saturated rings. The van der Waals surface area contributed by atoms with Crippen molar-refractivity contribution in [1.29, 1.82) is 0 Å². The topological polar surface area (TPSA) is 155 Å².